The maximum atomic E-state index is 6.24. The van der Waals surface area contributed by atoms with E-state index in [0.29, 0.717) is 0 Å². The van der Waals surface area contributed by atoms with E-state index in [1.165, 1.54) is 81.0 Å². The fourth-order valence-electron chi connectivity index (χ4n) is 8.56. The van der Waals surface area contributed by atoms with Gasteiger partial charge in [0.25, 0.3) is 0 Å². The molecule has 0 aliphatic heterocycles. The Balaban J connectivity index is 1.14. The number of benzene rings is 7. The minimum Gasteiger partial charge on any atom is -0.456 e. The lowest BCUT2D eigenvalue weighted by Gasteiger charge is -2.21. The number of hydrogen-bond acceptors (Lipinski definition) is 2. The second-order valence-corrected chi connectivity index (χ2v) is 14.7. The summed E-state index contributed by atoms with van der Waals surface area (Å²) in [5, 5.41) is 7.55. The Kier molecular flexibility index (Phi) is 5.09. The second kappa shape index (κ2) is 9.25. The molecular formula is C45H29NOS. The van der Waals surface area contributed by atoms with Crippen molar-refractivity contribution in [3.05, 3.63) is 151 Å². The van der Waals surface area contributed by atoms with Crippen LogP contribution in [0, 0.1) is 0 Å². The Labute approximate surface area is 281 Å². The average molecular weight is 632 g/mol. The zero-order valence-electron chi connectivity index (χ0n) is 26.5. The van der Waals surface area contributed by atoms with Gasteiger partial charge in [-0.3, -0.25) is 0 Å². The first-order chi connectivity index (χ1) is 23.6. The Hall–Kier alpha value is -5.64. The highest BCUT2D eigenvalue weighted by molar-refractivity contribution is 7.26. The van der Waals surface area contributed by atoms with Crippen LogP contribution in [0.3, 0.4) is 0 Å². The van der Waals surface area contributed by atoms with Crippen LogP contribution in [-0.4, -0.2) is 4.57 Å². The monoisotopic (exact) mass is 631 g/mol. The van der Waals surface area contributed by atoms with Gasteiger partial charge in [-0.15, -0.1) is 11.3 Å². The molecule has 226 valence electrons. The number of para-hydroxylation sites is 2. The quantitative estimate of drug-likeness (QED) is 0.186. The topological polar surface area (TPSA) is 18.1 Å². The summed E-state index contributed by atoms with van der Waals surface area (Å²) in [6.45, 7) is 4.73. The molecule has 2 nitrogen and oxygen atoms in total. The molecule has 10 aromatic rings. The lowest BCUT2D eigenvalue weighted by molar-refractivity contribution is 0.661. The van der Waals surface area contributed by atoms with E-state index in [4.69, 9.17) is 4.42 Å². The standard InChI is InChI=1S/C45H29NOS/c1-45(2)34-14-6-3-11-31(34)42-35(45)21-22-37-43(42)32-12-4-7-15-36(32)46(37)38-16-9-13-30-33-24-26(19-23-41(33)48-44(30)38)27-18-20-29-28-10-5-8-17-39(28)47-40(29)25-27/h3-25H,1-2H3. The lowest BCUT2D eigenvalue weighted by atomic mass is 9.82. The van der Waals surface area contributed by atoms with Crippen LogP contribution in [0.25, 0.3) is 91.9 Å². The Morgan fingerprint density at radius 3 is 2.23 bits per heavy atom. The molecule has 7 aromatic carbocycles. The SMILES string of the molecule is CC1(C)c2ccccc2-c2c1ccc1c2c2ccccc2n1-c1cccc2c1sc1ccc(-c3ccc4c(c3)oc3ccccc34)cc12. The van der Waals surface area contributed by atoms with Crippen LogP contribution in [0.5, 0.6) is 0 Å². The van der Waals surface area contributed by atoms with Gasteiger partial charge >= 0.3 is 0 Å². The van der Waals surface area contributed by atoms with Crippen molar-refractivity contribution >= 4 is 75.3 Å². The van der Waals surface area contributed by atoms with Gasteiger partial charge in [-0.05, 0) is 81.9 Å². The highest BCUT2D eigenvalue weighted by Crippen LogP contribution is 2.53. The molecule has 48 heavy (non-hydrogen) atoms. The van der Waals surface area contributed by atoms with E-state index in [1.54, 1.807) is 0 Å². The maximum absolute atomic E-state index is 6.24. The summed E-state index contributed by atoms with van der Waals surface area (Å²) in [6.07, 6.45) is 0. The van der Waals surface area contributed by atoms with Crippen LogP contribution in [0.2, 0.25) is 0 Å². The molecule has 11 rings (SSSR count). The number of hydrogen-bond donors (Lipinski definition) is 0. The summed E-state index contributed by atoms with van der Waals surface area (Å²) >= 11 is 1.89. The summed E-state index contributed by atoms with van der Waals surface area (Å²) in [5.41, 5.74) is 13.5. The summed E-state index contributed by atoms with van der Waals surface area (Å²) in [6, 6.07) is 51.3. The minimum atomic E-state index is -0.0402. The van der Waals surface area contributed by atoms with Gasteiger partial charge in [-0.1, -0.05) is 105 Å². The van der Waals surface area contributed by atoms with Crippen molar-refractivity contribution in [3.8, 4) is 27.9 Å². The van der Waals surface area contributed by atoms with E-state index >= 15 is 0 Å². The third-order valence-corrected chi connectivity index (χ3v) is 12.0. The van der Waals surface area contributed by atoms with Crippen molar-refractivity contribution in [2.45, 2.75) is 19.3 Å². The number of fused-ring (bicyclic) bond motifs is 13. The maximum Gasteiger partial charge on any atom is 0.136 e. The molecule has 0 atom stereocenters. The summed E-state index contributed by atoms with van der Waals surface area (Å²) in [4.78, 5) is 0. The molecular weight excluding hydrogens is 603 g/mol. The fraction of sp³-hybridized carbons (Fsp3) is 0.0667. The number of nitrogens with zero attached hydrogens (tertiary/aromatic N) is 1. The first-order valence-corrected chi connectivity index (χ1v) is 17.4. The van der Waals surface area contributed by atoms with Crippen LogP contribution in [0.4, 0.5) is 0 Å². The van der Waals surface area contributed by atoms with Gasteiger partial charge in [0, 0.05) is 42.4 Å². The van der Waals surface area contributed by atoms with Crippen molar-refractivity contribution in [2.24, 2.45) is 0 Å². The van der Waals surface area contributed by atoms with E-state index in [0.717, 1.165) is 21.9 Å². The van der Waals surface area contributed by atoms with Crippen molar-refractivity contribution in [1.29, 1.82) is 0 Å². The van der Waals surface area contributed by atoms with Gasteiger partial charge in [-0.2, -0.15) is 0 Å². The van der Waals surface area contributed by atoms with Crippen molar-refractivity contribution in [1.82, 2.24) is 4.57 Å². The van der Waals surface area contributed by atoms with Gasteiger partial charge in [0.1, 0.15) is 11.2 Å². The molecule has 0 amide bonds. The average Bonchev–Trinajstić information content (AvgIpc) is 3.84. The first-order valence-electron chi connectivity index (χ1n) is 16.6. The summed E-state index contributed by atoms with van der Waals surface area (Å²) in [5.74, 6) is 0. The molecule has 0 fully saturated rings. The molecule has 0 saturated heterocycles. The predicted molar refractivity (Wildman–Crippen MR) is 204 cm³/mol. The van der Waals surface area contributed by atoms with Gasteiger partial charge in [-0.25, -0.2) is 0 Å². The number of aromatic nitrogens is 1. The van der Waals surface area contributed by atoms with Crippen LogP contribution >= 0.6 is 11.3 Å². The summed E-state index contributed by atoms with van der Waals surface area (Å²) < 4.78 is 11.4. The molecule has 0 spiro atoms. The number of rotatable bonds is 2. The predicted octanol–water partition coefficient (Wildman–Crippen LogP) is 13.0. The highest BCUT2D eigenvalue weighted by atomic mass is 32.1. The Morgan fingerprint density at radius 2 is 1.29 bits per heavy atom. The molecule has 1 aliphatic carbocycles. The molecule has 0 saturated carbocycles. The van der Waals surface area contributed by atoms with E-state index in [-0.39, 0.29) is 5.41 Å². The molecule has 0 radical (unpaired) electrons. The van der Waals surface area contributed by atoms with Crippen LogP contribution in [0.1, 0.15) is 25.0 Å². The van der Waals surface area contributed by atoms with E-state index < -0.39 is 0 Å². The lowest BCUT2D eigenvalue weighted by Crippen LogP contribution is -2.14. The van der Waals surface area contributed by atoms with Gasteiger partial charge in [0.2, 0.25) is 0 Å². The molecule has 3 heterocycles. The molecule has 3 aromatic heterocycles. The highest BCUT2D eigenvalue weighted by Gasteiger charge is 2.37. The Morgan fingerprint density at radius 1 is 0.542 bits per heavy atom. The van der Waals surface area contributed by atoms with Crippen molar-refractivity contribution < 1.29 is 4.42 Å². The largest absolute Gasteiger partial charge is 0.456 e. The van der Waals surface area contributed by atoms with Crippen molar-refractivity contribution in [2.75, 3.05) is 0 Å². The van der Waals surface area contributed by atoms with Crippen LogP contribution < -0.4 is 0 Å². The van der Waals surface area contributed by atoms with E-state index in [2.05, 4.69) is 146 Å². The summed E-state index contributed by atoms with van der Waals surface area (Å²) in [7, 11) is 0. The number of thiophene rings is 1. The zero-order valence-corrected chi connectivity index (χ0v) is 27.4. The third-order valence-electron chi connectivity index (χ3n) is 10.8. The first kappa shape index (κ1) is 26.4. The number of furan rings is 1. The van der Waals surface area contributed by atoms with Gasteiger partial charge in [0.05, 0.1) is 21.4 Å². The fourth-order valence-corrected chi connectivity index (χ4v) is 9.74. The van der Waals surface area contributed by atoms with Gasteiger partial charge in [0.15, 0.2) is 0 Å². The third kappa shape index (κ3) is 3.36. The smallest absolute Gasteiger partial charge is 0.136 e. The minimum absolute atomic E-state index is 0.0402. The molecule has 1 aliphatic rings. The van der Waals surface area contributed by atoms with Crippen molar-refractivity contribution in [3.63, 3.8) is 0 Å². The Bertz CT molecular complexity index is 2990. The second-order valence-electron chi connectivity index (χ2n) is 13.7. The van der Waals surface area contributed by atoms with Crippen LogP contribution in [-0.2, 0) is 5.41 Å². The van der Waals surface area contributed by atoms with Gasteiger partial charge < -0.3 is 8.98 Å². The van der Waals surface area contributed by atoms with E-state index in [9.17, 15) is 0 Å². The van der Waals surface area contributed by atoms with E-state index in [1.807, 2.05) is 23.5 Å². The molecule has 3 heteroatoms. The molecule has 0 unspecified atom stereocenters. The molecule has 0 N–H and O–H groups in total. The zero-order chi connectivity index (χ0) is 31.7. The molecule has 0 bridgehead atoms. The van der Waals surface area contributed by atoms with Crippen LogP contribution in [0.15, 0.2) is 144 Å². The normalized spacial score (nSPS) is 13.8.